The first-order valence-corrected chi connectivity index (χ1v) is 7.42. The van der Waals surface area contributed by atoms with Crippen LogP contribution in [0.2, 0.25) is 0 Å². The van der Waals surface area contributed by atoms with E-state index >= 15 is 0 Å². The van der Waals surface area contributed by atoms with E-state index in [-0.39, 0.29) is 27.9 Å². The lowest BCUT2D eigenvalue weighted by atomic mass is 10.2. The highest BCUT2D eigenvalue weighted by molar-refractivity contribution is 7.91. The molecular formula is C11H14N2O3S. The van der Waals surface area contributed by atoms with Crippen molar-refractivity contribution >= 4 is 15.5 Å². The summed E-state index contributed by atoms with van der Waals surface area (Å²) in [4.78, 5) is 12.1. The molecule has 0 unspecified atom stereocenters. The number of nitrogens with zero attached hydrogens (tertiary/aromatic N) is 1. The van der Waals surface area contributed by atoms with E-state index in [2.05, 4.69) is 0 Å². The second kappa shape index (κ2) is 3.35. The molecule has 1 aromatic rings. The smallest absolute Gasteiger partial charge is 0.253 e. The van der Waals surface area contributed by atoms with Gasteiger partial charge in [0.1, 0.15) is 4.90 Å². The van der Waals surface area contributed by atoms with Crippen molar-refractivity contribution in [3.63, 3.8) is 0 Å². The maximum atomic E-state index is 12.0. The third kappa shape index (κ3) is 1.58. The third-order valence-electron chi connectivity index (χ3n) is 3.38. The fourth-order valence-corrected chi connectivity index (χ4v) is 4.24. The molecule has 5 nitrogen and oxygen atoms in total. The maximum absolute atomic E-state index is 12.0. The van der Waals surface area contributed by atoms with E-state index < -0.39 is 9.84 Å². The number of hydrogen-bond acceptors (Lipinski definition) is 4. The van der Waals surface area contributed by atoms with Gasteiger partial charge in [0.2, 0.25) is 0 Å². The minimum absolute atomic E-state index is 0.113. The first kappa shape index (κ1) is 10.8. The molecule has 6 heteroatoms. The van der Waals surface area contributed by atoms with Crippen molar-refractivity contribution in [3.05, 3.63) is 22.1 Å². The standard InChI is InChI=1S/C11H14N2O3S/c12-8-6-10(14)13(7-3-4-7)9-2-1-5-17(15,16)11(8)9/h6-7H,1-5,12H2. The van der Waals surface area contributed by atoms with Gasteiger partial charge in [-0.2, -0.15) is 0 Å². The molecule has 0 saturated heterocycles. The summed E-state index contributed by atoms with van der Waals surface area (Å²) in [5.41, 5.74) is 6.29. The summed E-state index contributed by atoms with van der Waals surface area (Å²) >= 11 is 0. The van der Waals surface area contributed by atoms with E-state index in [1.165, 1.54) is 6.07 Å². The fraction of sp³-hybridized carbons (Fsp3) is 0.545. The molecule has 17 heavy (non-hydrogen) atoms. The second-order valence-electron chi connectivity index (χ2n) is 4.74. The van der Waals surface area contributed by atoms with Gasteiger partial charge in [-0.3, -0.25) is 4.79 Å². The topological polar surface area (TPSA) is 82.2 Å². The zero-order chi connectivity index (χ0) is 12.2. The van der Waals surface area contributed by atoms with E-state index in [0.717, 1.165) is 12.8 Å². The highest BCUT2D eigenvalue weighted by Crippen LogP contribution is 2.38. The number of aromatic nitrogens is 1. The van der Waals surface area contributed by atoms with Crippen LogP contribution in [0.5, 0.6) is 0 Å². The van der Waals surface area contributed by atoms with E-state index in [1.54, 1.807) is 4.57 Å². The Balaban J connectivity index is 2.37. The molecule has 0 bridgehead atoms. The fourth-order valence-electron chi connectivity index (χ4n) is 2.53. The molecule has 92 valence electrons. The van der Waals surface area contributed by atoms with Crippen LogP contribution in [0.3, 0.4) is 0 Å². The molecular weight excluding hydrogens is 240 g/mol. The molecule has 2 N–H and O–H groups in total. The molecule has 0 amide bonds. The predicted octanol–water partition coefficient (Wildman–Crippen LogP) is 0.485. The van der Waals surface area contributed by atoms with E-state index in [9.17, 15) is 13.2 Å². The number of nitrogens with two attached hydrogens (primary N) is 1. The molecule has 2 aliphatic rings. The number of fused-ring (bicyclic) bond motifs is 1. The summed E-state index contributed by atoms with van der Waals surface area (Å²) in [5.74, 6) is 0.132. The van der Waals surface area contributed by atoms with Crippen LogP contribution < -0.4 is 11.3 Å². The van der Waals surface area contributed by atoms with Crippen LogP contribution in [0.15, 0.2) is 15.8 Å². The Bertz CT molecular complexity index is 641. The van der Waals surface area contributed by atoms with Crippen LogP contribution in [0, 0.1) is 0 Å². The zero-order valence-electron chi connectivity index (χ0n) is 9.35. The lowest BCUT2D eigenvalue weighted by Gasteiger charge is -2.22. The predicted molar refractivity (Wildman–Crippen MR) is 63.8 cm³/mol. The van der Waals surface area contributed by atoms with Crippen LogP contribution in [0.1, 0.15) is 31.0 Å². The quantitative estimate of drug-likeness (QED) is 0.790. The van der Waals surface area contributed by atoms with Crippen LogP contribution in [0.25, 0.3) is 0 Å². The number of pyridine rings is 1. The third-order valence-corrected chi connectivity index (χ3v) is 5.30. The highest BCUT2D eigenvalue weighted by Gasteiger charge is 2.34. The molecule has 0 aromatic carbocycles. The molecule has 1 aliphatic heterocycles. The first-order valence-electron chi connectivity index (χ1n) is 5.77. The summed E-state index contributed by atoms with van der Waals surface area (Å²) in [6, 6.07) is 1.44. The van der Waals surface area contributed by atoms with Crippen molar-refractivity contribution < 1.29 is 8.42 Å². The Morgan fingerprint density at radius 2 is 2.06 bits per heavy atom. The summed E-state index contributed by atoms with van der Waals surface area (Å²) in [7, 11) is -3.30. The normalized spacial score (nSPS) is 22.1. The molecule has 0 atom stereocenters. The van der Waals surface area contributed by atoms with Crippen LogP contribution in [-0.4, -0.2) is 18.7 Å². The summed E-state index contributed by atoms with van der Waals surface area (Å²) < 4.78 is 25.7. The van der Waals surface area contributed by atoms with Gasteiger partial charge in [0, 0.05) is 17.8 Å². The lowest BCUT2D eigenvalue weighted by molar-refractivity contribution is 0.568. The Kier molecular flexibility index (Phi) is 2.13. The van der Waals surface area contributed by atoms with Gasteiger partial charge < -0.3 is 10.3 Å². The van der Waals surface area contributed by atoms with Gasteiger partial charge in [-0.1, -0.05) is 0 Å². The highest BCUT2D eigenvalue weighted by atomic mass is 32.2. The minimum Gasteiger partial charge on any atom is -0.397 e. The lowest BCUT2D eigenvalue weighted by Crippen LogP contribution is -2.30. The molecule has 1 saturated carbocycles. The first-order chi connectivity index (χ1) is 8.00. The van der Waals surface area contributed by atoms with Gasteiger partial charge in [-0.15, -0.1) is 0 Å². The van der Waals surface area contributed by atoms with Crippen molar-refractivity contribution in [2.24, 2.45) is 0 Å². The van der Waals surface area contributed by atoms with Crippen molar-refractivity contribution in [2.75, 3.05) is 11.5 Å². The SMILES string of the molecule is Nc1cc(=O)n(C2CC2)c2c1S(=O)(=O)CCC2. The number of hydrogen-bond donors (Lipinski definition) is 1. The van der Waals surface area contributed by atoms with Crippen molar-refractivity contribution in [1.29, 1.82) is 0 Å². The number of sulfone groups is 1. The van der Waals surface area contributed by atoms with Gasteiger partial charge in [0.15, 0.2) is 9.84 Å². The van der Waals surface area contributed by atoms with Crippen molar-refractivity contribution in [1.82, 2.24) is 4.57 Å². The van der Waals surface area contributed by atoms with Gasteiger partial charge in [0.25, 0.3) is 5.56 Å². The molecule has 2 heterocycles. The Hall–Kier alpha value is -1.30. The number of nitrogen functional groups attached to an aromatic ring is 1. The Morgan fingerprint density at radius 3 is 2.71 bits per heavy atom. The van der Waals surface area contributed by atoms with Gasteiger partial charge in [-0.25, -0.2) is 8.42 Å². The molecule has 1 aliphatic carbocycles. The van der Waals surface area contributed by atoms with Crippen molar-refractivity contribution in [2.45, 2.75) is 36.6 Å². The molecule has 0 radical (unpaired) electrons. The van der Waals surface area contributed by atoms with Crippen molar-refractivity contribution in [3.8, 4) is 0 Å². The van der Waals surface area contributed by atoms with Crippen LogP contribution >= 0.6 is 0 Å². The Morgan fingerprint density at radius 1 is 1.35 bits per heavy atom. The van der Waals surface area contributed by atoms with E-state index in [0.29, 0.717) is 18.5 Å². The molecule has 1 aromatic heterocycles. The van der Waals surface area contributed by atoms with Gasteiger partial charge in [-0.05, 0) is 25.7 Å². The van der Waals surface area contributed by atoms with Crippen LogP contribution in [0.4, 0.5) is 5.69 Å². The van der Waals surface area contributed by atoms with Gasteiger partial charge in [0.05, 0.1) is 11.4 Å². The monoisotopic (exact) mass is 254 g/mol. The minimum atomic E-state index is -3.30. The average Bonchev–Trinajstić information content (AvgIpc) is 2.99. The number of anilines is 1. The van der Waals surface area contributed by atoms with Gasteiger partial charge >= 0.3 is 0 Å². The average molecular weight is 254 g/mol. The molecule has 1 fully saturated rings. The Labute approximate surface area is 99.2 Å². The van der Waals surface area contributed by atoms with Crippen LogP contribution in [-0.2, 0) is 16.3 Å². The van der Waals surface area contributed by atoms with E-state index in [1.807, 2.05) is 0 Å². The summed E-state index contributed by atoms with van der Waals surface area (Å²) in [5, 5.41) is 0. The second-order valence-corrected chi connectivity index (χ2v) is 6.78. The number of rotatable bonds is 1. The van der Waals surface area contributed by atoms with E-state index in [4.69, 9.17) is 5.73 Å². The summed E-state index contributed by atoms with van der Waals surface area (Å²) in [6.07, 6.45) is 3.11. The molecule has 3 rings (SSSR count). The maximum Gasteiger partial charge on any atom is 0.253 e. The summed E-state index contributed by atoms with van der Waals surface area (Å²) in [6.45, 7) is 0. The zero-order valence-corrected chi connectivity index (χ0v) is 10.2. The largest absolute Gasteiger partial charge is 0.397 e. The molecule has 0 spiro atoms.